The molecule has 0 aliphatic rings. The monoisotopic (exact) mass is 332 g/mol. The van der Waals surface area contributed by atoms with Gasteiger partial charge in [0.1, 0.15) is 10.0 Å². The standard InChI is InChI=1S/C8H10Cl2N2O4S2/c1-11-6-4(9)7(17(2,13)14)12-8(5(6)10)18(3,15)16/h1-3H3,(H,11,12). The van der Waals surface area contributed by atoms with Crippen molar-refractivity contribution < 1.29 is 16.8 Å². The molecule has 10 heteroatoms. The number of hydrogen-bond acceptors (Lipinski definition) is 6. The Hall–Kier alpha value is -0.570. The number of nitrogens with one attached hydrogen (secondary N) is 1. The van der Waals surface area contributed by atoms with Crippen molar-refractivity contribution in [2.24, 2.45) is 0 Å². The second-order valence-corrected chi connectivity index (χ2v) is 8.14. The van der Waals surface area contributed by atoms with Crippen molar-refractivity contribution in [3.8, 4) is 0 Å². The molecule has 0 fully saturated rings. The lowest BCUT2D eigenvalue weighted by Crippen LogP contribution is -2.11. The van der Waals surface area contributed by atoms with Gasteiger partial charge in [-0.3, -0.25) is 0 Å². The van der Waals surface area contributed by atoms with Crippen LogP contribution in [0.4, 0.5) is 5.69 Å². The number of nitrogens with zero attached hydrogens (tertiary/aromatic N) is 1. The maximum atomic E-state index is 11.5. The van der Waals surface area contributed by atoms with Crippen LogP contribution in [-0.2, 0) is 19.7 Å². The highest BCUT2D eigenvalue weighted by Gasteiger charge is 2.26. The molecule has 6 nitrogen and oxygen atoms in total. The summed E-state index contributed by atoms with van der Waals surface area (Å²) in [7, 11) is -6.11. The maximum Gasteiger partial charge on any atom is 0.194 e. The summed E-state index contributed by atoms with van der Waals surface area (Å²) in [5.41, 5.74) is 0.00850. The zero-order valence-corrected chi connectivity index (χ0v) is 12.8. The Morgan fingerprint density at radius 2 is 1.28 bits per heavy atom. The van der Waals surface area contributed by atoms with E-state index < -0.39 is 29.7 Å². The van der Waals surface area contributed by atoms with Gasteiger partial charge < -0.3 is 5.32 Å². The average molecular weight is 333 g/mol. The van der Waals surface area contributed by atoms with E-state index >= 15 is 0 Å². The molecule has 0 radical (unpaired) electrons. The summed E-state index contributed by atoms with van der Waals surface area (Å²) < 4.78 is 46.0. The zero-order valence-electron chi connectivity index (χ0n) is 9.65. The molecule has 18 heavy (non-hydrogen) atoms. The first-order chi connectivity index (χ1) is 8.00. The summed E-state index contributed by atoms with van der Waals surface area (Å²) in [4.78, 5) is 3.54. The summed E-state index contributed by atoms with van der Waals surface area (Å²) in [5.74, 6) is 0. The molecule has 0 bridgehead atoms. The van der Waals surface area contributed by atoms with E-state index in [1.807, 2.05) is 0 Å². The molecule has 0 aromatic carbocycles. The molecule has 0 saturated heterocycles. The molecule has 1 heterocycles. The Balaban J connectivity index is 3.91. The molecular weight excluding hydrogens is 323 g/mol. The number of pyridine rings is 1. The summed E-state index contributed by atoms with van der Waals surface area (Å²) in [6.45, 7) is 0. The summed E-state index contributed by atoms with van der Waals surface area (Å²) >= 11 is 11.7. The fourth-order valence-corrected chi connectivity index (χ4v) is 3.99. The highest BCUT2D eigenvalue weighted by molar-refractivity contribution is 7.91. The smallest absolute Gasteiger partial charge is 0.194 e. The van der Waals surface area contributed by atoms with E-state index in [9.17, 15) is 16.8 Å². The molecule has 0 atom stereocenters. The lowest BCUT2D eigenvalue weighted by atomic mass is 10.4. The molecule has 0 spiro atoms. The summed E-state index contributed by atoms with van der Waals surface area (Å²) in [5, 5.41) is 1.02. The Morgan fingerprint density at radius 3 is 1.50 bits per heavy atom. The van der Waals surface area contributed by atoms with Gasteiger partial charge in [0, 0.05) is 19.6 Å². The number of halogens is 2. The molecular formula is C8H10Cl2N2O4S2. The SMILES string of the molecule is CNc1c(Cl)c(S(C)(=O)=O)nc(S(C)(=O)=O)c1Cl. The molecule has 102 valence electrons. The molecule has 1 rings (SSSR count). The van der Waals surface area contributed by atoms with E-state index in [4.69, 9.17) is 23.2 Å². The van der Waals surface area contributed by atoms with E-state index in [1.54, 1.807) is 0 Å². The Morgan fingerprint density at radius 1 is 0.944 bits per heavy atom. The first kappa shape index (κ1) is 15.5. The van der Waals surface area contributed by atoms with Gasteiger partial charge in [-0.2, -0.15) is 0 Å². The van der Waals surface area contributed by atoms with Crippen LogP contribution >= 0.6 is 23.2 Å². The summed E-state index contributed by atoms with van der Waals surface area (Å²) in [6, 6.07) is 0. The minimum atomic E-state index is -3.77. The Labute approximate surface area is 115 Å². The van der Waals surface area contributed by atoms with Crippen molar-refractivity contribution in [2.45, 2.75) is 10.1 Å². The predicted octanol–water partition coefficient (Wildman–Crippen LogP) is 1.24. The van der Waals surface area contributed by atoms with Gasteiger partial charge in [-0.1, -0.05) is 23.2 Å². The van der Waals surface area contributed by atoms with Gasteiger partial charge in [-0.15, -0.1) is 0 Å². The third-order valence-electron chi connectivity index (χ3n) is 1.97. The van der Waals surface area contributed by atoms with Crippen molar-refractivity contribution in [3.05, 3.63) is 10.0 Å². The van der Waals surface area contributed by atoms with E-state index in [1.165, 1.54) is 7.05 Å². The molecule has 1 aromatic rings. The van der Waals surface area contributed by atoms with Crippen LogP contribution in [0.15, 0.2) is 10.1 Å². The highest BCUT2D eigenvalue weighted by atomic mass is 35.5. The van der Waals surface area contributed by atoms with Crippen LogP contribution in [0.25, 0.3) is 0 Å². The van der Waals surface area contributed by atoms with Crippen LogP contribution in [0.2, 0.25) is 10.0 Å². The van der Waals surface area contributed by atoms with Gasteiger partial charge in [0.25, 0.3) is 0 Å². The summed E-state index contributed by atoms with van der Waals surface area (Å²) in [6.07, 6.45) is 1.75. The van der Waals surface area contributed by atoms with E-state index in [-0.39, 0.29) is 15.7 Å². The lowest BCUT2D eigenvalue weighted by Gasteiger charge is -2.12. The number of anilines is 1. The molecule has 0 amide bonds. The van der Waals surface area contributed by atoms with Crippen molar-refractivity contribution in [1.29, 1.82) is 0 Å². The van der Waals surface area contributed by atoms with Gasteiger partial charge in [-0.05, 0) is 0 Å². The Kier molecular flexibility index (Phi) is 4.16. The van der Waals surface area contributed by atoms with Crippen LogP contribution in [0.5, 0.6) is 0 Å². The first-order valence-corrected chi connectivity index (χ1v) is 9.01. The second kappa shape index (κ2) is 4.84. The molecule has 0 unspecified atom stereocenters. The highest BCUT2D eigenvalue weighted by Crippen LogP contribution is 2.37. The van der Waals surface area contributed by atoms with Crippen LogP contribution in [0.1, 0.15) is 0 Å². The third kappa shape index (κ3) is 2.87. The largest absolute Gasteiger partial charge is 0.386 e. The minimum Gasteiger partial charge on any atom is -0.386 e. The fraction of sp³-hybridized carbons (Fsp3) is 0.375. The lowest BCUT2D eigenvalue weighted by molar-refractivity contribution is 0.591. The van der Waals surface area contributed by atoms with Gasteiger partial charge in [0.05, 0.1) is 5.69 Å². The van der Waals surface area contributed by atoms with Crippen molar-refractivity contribution in [1.82, 2.24) is 4.98 Å². The van der Waals surface area contributed by atoms with Gasteiger partial charge in [0.2, 0.25) is 0 Å². The Bertz CT molecular complexity index is 642. The van der Waals surface area contributed by atoms with Crippen LogP contribution < -0.4 is 5.32 Å². The fourth-order valence-electron chi connectivity index (χ4n) is 1.21. The minimum absolute atomic E-state index is 0.00850. The van der Waals surface area contributed by atoms with Gasteiger partial charge in [0.15, 0.2) is 29.7 Å². The normalized spacial score (nSPS) is 12.5. The number of rotatable bonds is 3. The van der Waals surface area contributed by atoms with Crippen molar-refractivity contribution in [3.63, 3.8) is 0 Å². The van der Waals surface area contributed by atoms with E-state index in [2.05, 4.69) is 10.3 Å². The quantitative estimate of drug-likeness (QED) is 0.894. The molecule has 1 N–H and O–H groups in total. The first-order valence-electron chi connectivity index (χ1n) is 4.47. The molecule has 0 saturated carbocycles. The second-order valence-electron chi connectivity index (χ2n) is 3.52. The zero-order chi connectivity index (χ0) is 14.3. The van der Waals surface area contributed by atoms with Gasteiger partial charge >= 0.3 is 0 Å². The van der Waals surface area contributed by atoms with Crippen molar-refractivity contribution >= 4 is 48.6 Å². The number of aromatic nitrogens is 1. The van der Waals surface area contributed by atoms with E-state index in [0.29, 0.717) is 0 Å². The van der Waals surface area contributed by atoms with Crippen molar-refractivity contribution in [2.75, 3.05) is 24.9 Å². The van der Waals surface area contributed by atoms with E-state index in [0.717, 1.165) is 12.5 Å². The predicted molar refractivity (Wildman–Crippen MR) is 70.0 cm³/mol. The number of sulfone groups is 2. The van der Waals surface area contributed by atoms with Gasteiger partial charge in [-0.25, -0.2) is 21.8 Å². The molecule has 0 aliphatic carbocycles. The topological polar surface area (TPSA) is 93.2 Å². The third-order valence-corrected chi connectivity index (χ3v) is 4.93. The average Bonchev–Trinajstić information content (AvgIpc) is 2.14. The molecule has 1 aromatic heterocycles. The number of hydrogen-bond donors (Lipinski definition) is 1. The maximum absolute atomic E-state index is 11.5. The van der Waals surface area contributed by atoms with Crippen LogP contribution in [0, 0.1) is 0 Å². The van der Waals surface area contributed by atoms with Crippen LogP contribution in [-0.4, -0.2) is 41.4 Å². The molecule has 0 aliphatic heterocycles. The van der Waals surface area contributed by atoms with Crippen LogP contribution in [0.3, 0.4) is 0 Å².